The normalized spacial score (nSPS) is 13.7. The van der Waals surface area contributed by atoms with E-state index in [2.05, 4.69) is 29.4 Å². The van der Waals surface area contributed by atoms with Gasteiger partial charge in [0, 0.05) is 16.0 Å². The molecule has 1 aliphatic carbocycles. The van der Waals surface area contributed by atoms with Crippen molar-refractivity contribution >= 4 is 17.2 Å². The Kier molecular flexibility index (Phi) is 2.85. The van der Waals surface area contributed by atoms with Crippen LogP contribution in [0.1, 0.15) is 27.3 Å². The van der Waals surface area contributed by atoms with Gasteiger partial charge in [-0.15, -0.1) is 11.3 Å². The summed E-state index contributed by atoms with van der Waals surface area (Å²) >= 11 is 1.96. The van der Waals surface area contributed by atoms with E-state index < -0.39 is 0 Å². The number of nitrogens with one attached hydrogen (secondary N) is 1. The predicted octanol–water partition coefficient (Wildman–Crippen LogP) is 3.55. The highest BCUT2D eigenvalue weighted by atomic mass is 32.1. The molecule has 0 aliphatic heterocycles. The fourth-order valence-corrected chi connectivity index (χ4v) is 3.49. The van der Waals surface area contributed by atoms with Crippen LogP contribution in [0.2, 0.25) is 0 Å². The van der Waals surface area contributed by atoms with Crippen LogP contribution in [0.4, 0.5) is 5.82 Å². The smallest absolute Gasteiger partial charge is 0.126 e. The molecule has 3 rings (SSSR count). The first-order valence-corrected chi connectivity index (χ1v) is 6.90. The SMILES string of the molecule is Cc1ccnc(NCc2cc3c(s2)CCC3)c1. The van der Waals surface area contributed by atoms with E-state index in [9.17, 15) is 0 Å². The Morgan fingerprint density at radius 3 is 3.12 bits per heavy atom. The molecule has 1 aliphatic rings. The number of hydrogen-bond donors (Lipinski definition) is 1. The molecule has 0 saturated heterocycles. The third-order valence-electron chi connectivity index (χ3n) is 3.16. The Balaban J connectivity index is 1.67. The van der Waals surface area contributed by atoms with Crippen LogP contribution in [0.3, 0.4) is 0 Å². The van der Waals surface area contributed by atoms with Gasteiger partial charge in [-0.05, 0) is 55.5 Å². The van der Waals surface area contributed by atoms with Gasteiger partial charge in [0.15, 0.2) is 0 Å². The number of rotatable bonds is 3. The summed E-state index contributed by atoms with van der Waals surface area (Å²) in [5.74, 6) is 0.971. The van der Waals surface area contributed by atoms with Gasteiger partial charge in [0.1, 0.15) is 5.82 Å². The van der Waals surface area contributed by atoms with Crippen LogP contribution in [0, 0.1) is 6.92 Å². The molecule has 0 saturated carbocycles. The third kappa shape index (κ3) is 2.34. The first kappa shape index (κ1) is 10.8. The molecule has 0 radical (unpaired) electrons. The molecular formula is C14H16N2S. The predicted molar refractivity (Wildman–Crippen MR) is 72.6 cm³/mol. The van der Waals surface area contributed by atoms with Crippen LogP contribution >= 0.6 is 11.3 Å². The molecule has 2 aromatic rings. The number of anilines is 1. The van der Waals surface area contributed by atoms with Crippen LogP contribution in [-0.2, 0) is 19.4 Å². The van der Waals surface area contributed by atoms with E-state index in [1.165, 1.54) is 29.7 Å². The lowest BCUT2D eigenvalue weighted by atomic mass is 10.2. The summed E-state index contributed by atoms with van der Waals surface area (Å²) in [5, 5.41) is 3.39. The largest absolute Gasteiger partial charge is 0.365 e. The number of pyridine rings is 1. The Morgan fingerprint density at radius 1 is 1.35 bits per heavy atom. The number of thiophene rings is 1. The summed E-state index contributed by atoms with van der Waals surface area (Å²) in [7, 11) is 0. The second-order valence-electron chi connectivity index (χ2n) is 4.59. The van der Waals surface area contributed by atoms with Crippen molar-refractivity contribution in [1.82, 2.24) is 4.98 Å². The number of nitrogens with zero attached hydrogens (tertiary/aromatic N) is 1. The molecule has 0 unspecified atom stereocenters. The molecular weight excluding hydrogens is 228 g/mol. The zero-order chi connectivity index (χ0) is 11.7. The van der Waals surface area contributed by atoms with Gasteiger partial charge in [-0.3, -0.25) is 0 Å². The summed E-state index contributed by atoms with van der Waals surface area (Å²) in [6, 6.07) is 6.46. The Morgan fingerprint density at radius 2 is 2.29 bits per heavy atom. The van der Waals surface area contributed by atoms with Gasteiger partial charge in [0.25, 0.3) is 0 Å². The fraction of sp³-hybridized carbons (Fsp3) is 0.357. The number of aromatic nitrogens is 1. The monoisotopic (exact) mass is 244 g/mol. The van der Waals surface area contributed by atoms with E-state index in [0.717, 1.165) is 12.4 Å². The van der Waals surface area contributed by atoms with Gasteiger partial charge < -0.3 is 5.32 Å². The highest BCUT2D eigenvalue weighted by molar-refractivity contribution is 7.12. The van der Waals surface area contributed by atoms with Crippen molar-refractivity contribution in [3.63, 3.8) is 0 Å². The maximum Gasteiger partial charge on any atom is 0.126 e. The molecule has 0 aromatic carbocycles. The molecule has 2 nitrogen and oxygen atoms in total. The summed E-state index contributed by atoms with van der Waals surface area (Å²) < 4.78 is 0. The average molecular weight is 244 g/mol. The van der Waals surface area contributed by atoms with Gasteiger partial charge >= 0.3 is 0 Å². The third-order valence-corrected chi connectivity index (χ3v) is 4.39. The highest BCUT2D eigenvalue weighted by Crippen LogP contribution is 2.30. The lowest BCUT2D eigenvalue weighted by molar-refractivity contribution is 0.913. The molecule has 0 fully saturated rings. The van der Waals surface area contributed by atoms with E-state index in [0.29, 0.717) is 0 Å². The number of aryl methyl sites for hydroxylation is 3. The summed E-state index contributed by atoms with van der Waals surface area (Å²) in [5.41, 5.74) is 2.82. The second kappa shape index (κ2) is 4.49. The van der Waals surface area contributed by atoms with E-state index in [-0.39, 0.29) is 0 Å². The van der Waals surface area contributed by atoms with Crippen molar-refractivity contribution in [2.75, 3.05) is 5.32 Å². The molecule has 88 valence electrons. The molecule has 17 heavy (non-hydrogen) atoms. The van der Waals surface area contributed by atoms with Crippen LogP contribution in [-0.4, -0.2) is 4.98 Å². The van der Waals surface area contributed by atoms with Crippen LogP contribution in [0.15, 0.2) is 24.4 Å². The maximum absolute atomic E-state index is 4.31. The summed E-state index contributed by atoms with van der Waals surface area (Å²) in [6.07, 6.45) is 5.75. The van der Waals surface area contributed by atoms with Gasteiger partial charge in [-0.25, -0.2) is 4.98 Å². The van der Waals surface area contributed by atoms with Gasteiger partial charge in [-0.1, -0.05) is 0 Å². The quantitative estimate of drug-likeness (QED) is 0.893. The van der Waals surface area contributed by atoms with Gasteiger partial charge in [0.05, 0.1) is 6.54 Å². The lowest BCUT2D eigenvalue weighted by Crippen LogP contribution is -1.99. The van der Waals surface area contributed by atoms with Gasteiger partial charge in [-0.2, -0.15) is 0 Å². The molecule has 0 amide bonds. The minimum Gasteiger partial charge on any atom is -0.365 e. The Bertz CT molecular complexity index is 509. The Hall–Kier alpha value is -1.35. The summed E-state index contributed by atoms with van der Waals surface area (Å²) in [6.45, 7) is 2.99. The van der Waals surface area contributed by atoms with Crippen molar-refractivity contribution in [3.05, 3.63) is 45.3 Å². The molecule has 0 spiro atoms. The van der Waals surface area contributed by atoms with Crippen molar-refractivity contribution in [2.45, 2.75) is 32.7 Å². The molecule has 2 aromatic heterocycles. The fourth-order valence-electron chi connectivity index (χ4n) is 2.29. The van der Waals surface area contributed by atoms with Crippen LogP contribution in [0.5, 0.6) is 0 Å². The van der Waals surface area contributed by atoms with Crippen LogP contribution in [0.25, 0.3) is 0 Å². The van der Waals surface area contributed by atoms with E-state index in [1.807, 2.05) is 23.6 Å². The lowest BCUT2D eigenvalue weighted by Gasteiger charge is -2.04. The van der Waals surface area contributed by atoms with E-state index in [4.69, 9.17) is 0 Å². The van der Waals surface area contributed by atoms with Crippen molar-refractivity contribution in [3.8, 4) is 0 Å². The molecule has 1 N–H and O–H groups in total. The average Bonchev–Trinajstić information content (AvgIpc) is 2.86. The molecule has 0 atom stereocenters. The minimum atomic E-state index is 0.897. The van der Waals surface area contributed by atoms with Gasteiger partial charge in [0.2, 0.25) is 0 Å². The molecule has 3 heteroatoms. The molecule has 2 heterocycles. The van der Waals surface area contributed by atoms with Crippen LogP contribution < -0.4 is 5.32 Å². The van der Waals surface area contributed by atoms with E-state index >= 15 is 0 Å². The highest BCUT2D eigenvalue weighted by Gasteiger charge is 2.14. The Labute approximate surface area is 106 Å². The second-order valence-corrected chi connectivity index (χ2v) is 5.81. The first-order valence-electron chi connectivity index (χ1n) is 6.08. The zero-order valence-electron chi connectivity index (χ0n) is 9.99. The van der Waals surface area contributed by atoms with E-state index in [1.54, 1.807) is 10.4 Å². The van der Waals surface area contributed by atoms with Crippen molar-refractivity contribution < 1.29 is 0 Å². The maximum atomic E-state index is 4.31. The summed E-state index contributed by atoms with van der Waals surface area (Å²) in [4.78, 5) is 7.34. The topological polar surface area (TPSA) is 24.9 Å². The number of hydrogen-bond acceptors (Lipinski definition) is 3. The zero-order valence-corrected chi connectivity index (χ0v) is 10.8. The molecule has 0 bridgehead atoms. The standard InChI is InChI=1S/C14H16N2S/c1-10-5-6-15-14(7-10)16-9-12-8-11-3-2-4-13(11)17-12/h5-8H,2-4,9H2,1H3,(H,15,16). The first-order chi connectivity index (χ1) is 8.31. The number of fused-ring (bicyclic) bond motifs is 1. The van der Waals surface area contributed by atoms with Crippen molar-refractivity contribution in [2.24, 2.45) is 0 Å². The minimum absolute atomic E-state index is 0.897. The van der Waals surface area contributed by atoms with Crippen molar-refractivity contribution in [1.29, 1.82) is 0 Å².